The number of hydrogen-bond acceptors (Lipinski definition) is 5. The summed E-state index contributed by atoms with van der Waals surface area (Å²) in [6.45, 7) is 2.95. The third kappa shape index (κ3) is 2.20. The van der Waals surface area contributed by atoms with Crippen molar-refractivity contribution in [3.05, 3.63) is 46.8 Å². The molecule has 1 aromatic carbocycles. The quantitative estimate of drug-likeness (QED) is 0.836. The highest BCUT2D eigenvalue weighted by atomic mass is 15.1. The number of anilines is 2. The number of nitrogen functional groups attached to an aromatic ring is 1. The van der Waals surface area contributed by atoms with Crippen LogP contribution in [0.1, 0.15) is 34.7 Å². The van der Waals surface area contributed by atoms with Gasteiger partial charge in [-0.05, 0) is 42.7 Å². The van der Waals surface area contributed by atoms with Gasteiger partial charge in [0.25, 0.3) is 0 Å². The molecule has 5 nitrogen and oxygen atoms in total. The van der Waals surface area contributed by atoms with Gasteiger partial charge in [0, 0.05) is 42.5 Å². The molecule has 3 N–H and O–H groups in total. The maximum absolute atomic E-state index is 6.00. The lowest BCUT2D eigenvalue weighted by molar-refractivity contribution is 0.806. The Hall–Kier alpha value is -2.69. The van der Waals surface area contributed by atoms with Crippen LogP contribution in [-0.4, -0.2) is 29.3 Å². The lowest BCUT2D eigenvalue weighted by Gasteiger charge is -2.24. The van der Waals surface area contributed by atoms with Crippen LogP contribution in [0.15, 0.2) is 29.4 Å². The number of hydrogen-bond donors (Lipinski definition) is 2. The fourth-order valence-corrected chi connectivity index (χ4v) is 3.39. The summed E-state index contributed by atoms with van der Waals surface area (Å²) in [7, 11) is 1.84. The third-order valence-electron chi connectivity index (χ3n) is 4.56. The average Bonchev–Trinajstić information content (AvgIpc) is 3.06. The van der Waals surface area contributed by atoms with Crippen molar-refractivity contribution in [3.8, 4) is 0 Å². The molecule has 2 heterocycles. The van der Waals surface area contributed by atoms with Crippen molar-refractivity contribution in [2.75, 3.05) is 24.6 Å². The van der Waals surface area contributed by atoms with Gasteiger partial charge in [0.2, 0.25) is 5.95 Å². The normalized spacial score (nSPS) is 18.8. The van der Waals surface area contributed by atoms with Gasteiger partial charge in [-0.3, -0.25) is 4.99 Å². The van der Waals surface area contributed by atoms with Crippen LogP contribution in [0, 0.1) is 6.92 Å². The Kier molecular flexibility index (Phi) is 3.15. The average molecular weight is 305 g/mol. The number of nitrogens with two attached hydrogens (primary N) is 1. The van der Waals surface area contributed by atoms with Crippen LogP contribution in [0.4, 0.5) is 11.6 Å². The molecule has 2 aromatic rings. The molecular weight excluding hydrogens is 286 g/mol. The molecule has 116 valence electrons. The van der Waals surface area contributed by atoms with Crippen LogP contribution in [0.25, 0.3) is 11.6 Å². The first kappa shape index (κ1) is 13.9. The van der Waals surface area contributed by atoms with Gasteiger partial charge in [-0.2, -0.15) is 0 Å². The lowest BCUT2D eigenvalue weighted by atomic mass is 9.81. The molecular formula is C18H19N5. The van der Waals surface area contributed by atoms with Gasteiger partial charge in [0.15, 0.2) is 0 Å². The molecule has 0 spiro atoms. The Balaban J connectivity index is 1.92. The fourth-order valence-electron chi connectivity index (χ4n) is 3.39. The highest BCUT2D eigenvalue weighted by molar-refractivity contribution is 6.32. The summed E-state index contributed by atoms with van der Waals surface area (Å²) >= 11 is 0. The molecule has 0 bridgehead atoms. The van der Waals surface area contributed by atoms with E-state index in [0.717, 1.165) is 46.8 Å². The molecule has 1 atom stereocenters. The Labute approximate surface area is 135 Å². The first-order valence-electron chi connectivity index (χ1n) is 7.85. The second-order valence-electron chi connectivity index (χ2n) is 6.02. The minimum Gasteiger partial charge on any atom is -0.399 e. The van der Waals surface area contributed by atoms with E-state index in [4.69, 9.17) is 10.7 Å². The van der Waals surface area contributed by atoms with E-state index in [9.17, 15) is 0 Å². The number of nitrogens with zero attached hydrogens (tertiary/aromatic N) is 3. The number of aliphatic imine (C=N–C) groups is 1. The maximum Gasteiger partial charge on any atom is 0.222 e. The number of aromatic nitrogens is 2. The van der Waals surface area contributed by atoms with Crippen molar-refractivity contribution >= 4 is 29.0 Å². The predicted octanol–water partition coefficient (Wildman–Crippen LogP) is 2.89. The summed E-state index contributed by atoms with van der Waals surface area (Å²) in [5.41, 5.74) is 13.6. The summed E-state index contributed by atoms with van der Waals surface area (Å²) in [6, 6.07) is 6.03. The molecule has 2 aliphatic rings. The van der Waals surface area contributed by atoms with E-state index in [1.54, 1.807) is 0 Å². The van der Waals surface area contributed by atoms with Crippen molar-refractivity contribution in [1.82, 2.24) is 9.97 Å². The molecule has 0 saturated carbocycles. The minimum atomic E-state index is 0.251. The van der Waals surface area contributed by atoms with Crippen LogP contribution in [0.5, 0.6) is 0 Å². The van der Waals surface area contributed by atoms with E-state index in [-0.39, 0.29) is 5.92 Å². The Morgan fingerprint density at radius 3 is 3.00 bits per heavy atom. The molecule has 1 unspecified atom stereocenters. The van der Waals surface area contributed by atoms with Crippen molar-refractivity contribution < 1.29 is 0 Å². The van der Waals surface area contributed by atoms with Crippen molar-refractivity contribution in [2.45, 2.75) is 19.3 Å². The van der Waals surface area contributed by atoms with Gasteiger partial charge in [-0.1, -0.05) is 6.07 Å². The van der Waals surface area contributed by atoms with E-state index in [0.29, 0.717) is 5.95 Å². The van der Waals surface area contributed by atoms with Crippen LogP contribution in [0.3, 0.4) is 0 Å². The number of nitrogens with one attached hydrogen (secondary N) is 1. The first-order valence-corrected chi connectivity index (χ1v) is 7.85. The Morgan fingerprint density at radius 2 is 2.17 bits per heavy atom. The van der Waals surface area contributed by atoms with E-state index in [1.807, 2.05) is 25.4 Å². The Bertz CT molecular complexity index is 850. The van der Waals surface area contributed by atoms with Crippen molar-refractivity contribution in [1.29, 1.82) is 0 Å². The van der Waals surface area contributed by atoms with Gasteiger partial charge in [0.1, 0.15) is 0 Å². The van der Waals surface area contributed by atoms with Gasteiger partial charge < -0.3 is 11.1 Å². The molecule has 4 rings (SSSR count). The van der Waals surface area contributed by atoms with Crippen molar-refractivity contribution in [3.63, 3.8) is 0 Å². The topological polar surface area (TPSA) is 76.2 Å². The smallest absolute Gasteiger partial charge is 0.222 e. The molecule has 5 heteroatoms. The van der Waals surface area contributed by atoms with Crippen LogP contribution >= 0.6 is 0 Å². The summed E-state index contributed by atoms with van der Waals surface area (Å²) in [5.74, 6) is 0.910. The van der Waals surface area contributed by atoms with Crippen LogP contribution in [0.2, 0.25) is 0 Å². The Morgan fingerprint density at radius 1 is 1.30 bits per heavy atom. The van der Waals surface area contributed by atoms with Gasteiger partial charge in [0.05, 0.1) is 11.4 Å². The maximum atomic E-state index is 6.00. The molecule has 0 saturated heterocycles. The number of fused-ring (bicyclic) bond motifs is 3. The van der Waals surface area contributed by atoms with Crippen LogP contribution in [-0.2, 0) is 0 Å². The molecule has 23 heavy (non-hydrogen) atoms. The summed E-state index contributed by atoms with van der Waals surface area (Å²) in [6.07, 6.45) is 5.04. The largest absolute Gasteiger partial charge is 0.399 e. The number of aryl methyl sites for hydroxylation is 1. The highest BCUT2D eigenvalue weighted by Crippen LogP contribution is 2.41. The highest BCUT2D eigenvalue weighted by Gasteiger charge is 2.33. The van der Waals surface area contributed by atoms with Gasteiger partial charge >= 0.3 is 0 Å². The molecule has 1 aliphatic carbocycles. The number of rotatable bonds is 2. The van der Waals surface area contributed by atoms with Gasteiger partial charge in [-0.15, -0.1) is 0 Å². The van der Waals surface area contributed by atoms with Gasteiger partial charge in [-0.25, -0.2) is 9.97 Å². The summed E-state index contributed by atoms with van der Waals surface area (Å²) in [5, 5.41) is 3.02. The predicted molar refractivity (Wildman–Crippen MR) is 94.7 cm³/mol. The lowest BCUT2D eigenvalue weighted by Crippen LogP contribution is -2.19. The van der Waals surface area contributed by atoms with Crippen LogP contribution < -0.4 is 11.1 Å². The fraction of sp³-hybridized carbons (Fsp3) is 0.278. The first-order chi connectivity index (χ1) is 11.2. The molecule has 0 amide bonds. The van der Waals surface area contributed by atoms with E-state index >= 15 is 0 Å². The standard InChI is InChI=1S/C18H19N5/c1-10-3-4-12(19)8-14(10)15-7-11-9-22-18(20-2)23-16(11)13-5-6-21-17(13)15/h3-4,7-9,13H,5-6,19H2,1-2H3,(H,20,22,23). The third-order valence-corrected chi connectivity index (χ3v) is 4.56. The monoisotopic (exact) mass is 305 g/mol. The molecule has 0 fully saturated rings. The minimum absolute atomic E-state index is 0.251. The SMILES string of the molecule is CNc1ncc2c(n1)C1CCN=C1C(c1cc(N)ccc1C)=C2. The zero-order valence-corrected chi connectivity index (χ0v) is 13.3. The molecule has 0 radical (unpaired) electrons. The summed E-state index contributed by atoms with van der Waals surface area (Å²) < 4.78 is 0. The summed E-state index contributed by atoms with van der Waals surface area (Å²) in [4.78, 5) is 13.8. The second-order valence-corrected chi connectivity index (χ2v) is 6.02. The zero-order chi connectivity index (χ0) is 16.0. The van der Waals surface area contributed by atoms with E-state index < -0.39 is 0 Å². The second kappa shape index (κ2) is 5.19. The number of allylic oxidation sites excluding steroid dienone is 1. The molecule has 1 aromatic heterocycles. The van der Waals surface area contributed by atoms with E-state index in [2.05, 4.69) is 34.4 Å². The van der Waals surface area contributed by atoms with Crippen molar-refractivity contribution in [2.24, 2.45) is 4.99 Å². The van der Waals surface area contributed by atoms with E-state index in [1.165, 1.54) is 5.56 Å². The zero-order valence-electron chi connectivity index (χ0n) is 13.3. The number of benzene rings is 1. The molecule has 1 aliphatic heterocycles.